The van der Waals surface area contributed by atoms with Crippen LogP contribution in [-0.4, -0.2) is 71.3 Å². The molecule has 0 radical (unpaired) electrons. The average molecular weight is 588 g/mol. The third-order valence-electron chi connectivity index (χ3n) is 8.07. The second-order valence-electron chi connectivity index (χ2n) is 11.2. The van der Waals surface area contributed by atoms with Crippen LogP contribution in [0.5, 0.6) is 0 Å². The molecule has 42 heavy (non-hydrogen) atoms. The lowest BCUT2D eigenvalue weighted by atomic mass is 9.88. The number of fused-ring (bicyclic) bond motifs is 3. The summed E-state index contributed by atoms with van der Waals surface area (Å²) in [4.78, 5) is 40.6. The third-order valence-corrected chi connectivity index (χ3v) is 9.06. The number of rotatable bonds is 11. The SMILES string of the molecule is CN(Cc1ccccc1)CC(NC(=O)OCC1c2ccccc2-c2ccccc21)C(=O)NC1(CC(=O)O)CCSCC1. The minimum Gasteiger partial charge on any atom is -0.481 e. The minimum atomic E-state index is -0.954. The summed E-state index contributed by atoms with van der Waals surface area (Å²) in [6, 6.07) is 25.2. The zero-order valence-corrected chi connectivity index (χ0v) is 24.6. The van der Waals surface area contributed by atoms with Crippen molar-refractivity contribution in [3.63, 3.8) is 0 Å². The zero-order chi connectivity index (χ0) is 29.5. The fourth-order valence-corrected chi connectivity index (χ4v) is 7.27. The summed E-state index contributed by atoms with van der Waals surface area (Å²) in [7, 11) is 1.89. The Morgan fingerprint density at radius 2 is 1.55 bits per heavy atom. The van der Waals surface area contributed by atoms with E-state index in [0.717, 1.165) is 39.3 Å². The van der Waals surface area contributed by atoms with E-state index >= 15 is 0 Å². The number of amides is 2. The highest BCUT2D eigenvalue weighted by Crippen LogP contribution is 2.44. The molecule has 1 unspecified atom stereocenters. The first kappa shape index (κ1) is 29.7. The lowest BCUT2D eigenvalue weighted by molar-refractivity contribution is -0.139. The molecule has 2 amide bonds. The molecule has 0 aromatic heterocycles. The molecule has 5 rings (SSSR count). The largest absolute Gasteiger partial charge is 0.481 e. The van der Waals surface area contributed by atoms with E-state index in [1.807, 2.05) is 66.5 Å². The smallest absolute Gasteiger partial charge is 0.407 e. The summed E-state index contributed by atoms with van der Waals surface area (Å²) in [6.45, 7) is 0.935. The van der Waals surface area contributed by atoms with Crippen molar-refractivity contribution in [2.45, 2.75) is 43.3 Å². The molecular weight excluding hydrogens is 550 g/mol. The third kappa shape index (κ3) is 7.14. The number of carbonyl (C=O) groups excluding carboxylic acids is 2. The van der Waals surface area contributed by atoms with Crippen molar-refractivity contribution >= 4 is 29.7 Å². The number of alkyl carbamates (subject to hydrolysis) is 1. The van der Waals surface area contributed by atoms with Crippen LogP contribution in [0.25, 0.3) is 11.1 Å². The van der Waals surface area contributed by atoms with Gasteiger partial charge < -0.3 is 20.5 Å². The molecule has 1 aliphatic heterocycles. The Morgan fingerprint density at radius 1 is 0.952 bits per heavy atom. The van der Waals surface area contributed by atoms with Gasteiger partial charge in [-0.2, -0.15) is 11.8 Å². The van der Waals surface area contributed by atoms with Crippen molar-refractivity contribution in [3.8, 4) is 11.1 Å². The Morgan fingerprint density at radius 3 is 2.17 bits per heavy atom. The number of carbonyl (C=O) groups is 3. The summed E-state index contributed by atoms with van der Waals surface area (Å²) in [6.07, 6.45) is 0.286. The van der Waals surface area contributed by atoms with Gasteiger partial charge in [0.15, 0.2) is 0 Å². The van der Waals surface area contributed by atoms with Gasteiger partial charge in [-0.1, -0.05) is 78.9 Å². The summed E-state index contributed by atoms with van der Waals surface area (Å²) in [5.74, 6) is 0.0773. The number of aliphatic carboxylic acids is 1. The van der Waals surface area contributed by atoms with E-state index in [1.165, 1.54) is 0 Å². The van der Waals surface area contributed by atoms with Crippen LogP contribution in [0.3, 0.4) is 0 Å². The molecule has 0 saturated carbocycles. The fourth-order valence-electron chi connectivity index (χ4n) is 5.99. The molecule has 220 valence electrons. The Kier molecular flexibility index (Phi) is 9.49. The van der Waals surface area contributed by atoms with Gasteiger partial charge in [0, 0.05) is 19.0 Å². The van der Waals surface area contributed by atoms with E-state index in [1.54, 1.807) is 11.8 Å². The quantitative estimate of drug-likeness (QED) is 0.293. The van der Waals surface area contributed by atoms with Crippen LogP contribution >= 0.6 is 11.8 Å². The van der Waals surface area contributed by atoms with Gasteiger partial charge in [0.05, 0.1) is 12.0 Å². The highest BCUT2D eigenvalue weighted by molar-refractivity contribution is 7.99. The van der Waals surface area contributed by atoms with Crippen LogP contribution in [0.4, 0.5) is 4.79 Å². The number of carboxylic acid groups (broad SMARTS) is 1. The maximum atomic E-state index is 13.7. The number of carboxylic acids is 1. The van der Waals surface area contributed by atoms with Crippen LogP contribution < -0.4 is 10.6 Å². The van der Waals surface area contributed by atoms with Gasteiger partial charge in [0.25, 0.3) is 0 Å². The molecule has 0 spiro atoms. The number of nitrogens with one attached hydrogen (secondary N) is 2. The van der Waals surface area contributed by atoms with Crippen LogP contribution in [0.2, 0.25) is 0 Å². The van der Waals surface area contributed by atoms with Crippen molar-refractivity contribution in [2.75, 3.05) is 31.7 Å². The summed E-state index contributed by atoms with van der Waals surface area (Å²) >= 11 is 1.75. The Balaban J connectivity index is 1.29. The second kappa shape index (κ2) is 13.4. The van der Waals surface area contributed by atoms with E-state index < -0.39 is 29.6 Å². The zero-order valence-electron chi connectivity index (χ0n) is 23.8. The monoisotopic (exact) mass is 587 g/mol. The Labute approximate surface area is 250 Å². The van der Waals surface area contributed by atoms with Gasteiger partial charge >= 0.3 is 12.1 Å². The standard InChI is InChI=1S/C33H37N3O5S/c1-36(20-23-9-3-2-4-10-23)21-29(31(39)35-33(19-30(37)38)15-17-42-18-16-33)34-32(40)41-22-28-26-13-7-5-11-24(26)25-12-6-8-14-27(25)28/h2-14,28-29H,15-22H2,1H3,(H,34,40)(H,35,39)(H,37,38). The molecule has 1 aliphatic carbocycles. The van der Waals surface area contributed by atoms with E-state index in [4.69, 9.17) is 4.74 Å². The number of likely N-dealkylation sites (N-methyl/N-ethyl adjacent to an activating group) is 1. The predicted molar refractivity (Wildman–Crippen MR) is 164 cm³/mol. The molecule has 1 saturated heterocycles. The molecule has 3 aromatic carbocycles. The lowest BCUT2D eigenvalue weighted by Gasteiger charge is -2.38. The Bertz CT molecular complexity index is 1360. The minimum absolute atomic E-state index is 0.102. The normalized spacial score (nSPS) is 16.2. The molecule has 0 bridgehead atoms. The van der Waals surface area contributed by atoms with Gasteiger partial charge in [-0.3, -0.25) is 14.5 Å². The summed E-state index contributed by atoms with van der Waals surface area (Å²) in [5, 5.41) is 15.4. The van der Waals surface area contributed by atoms with Gasteiger partial charge in [-0.05, 0) is 59.2 Å². The molecule has 8 nitrogen and oxygen atoms in total. The Hall–Kier alpha value is -3.82. The first-order valence-electron chi connectivity index (χ1n) is 14.3. The first-order valence-corrected chi connectivity index (χ1v) is 15.4. The maximum absolute atomic E-state index is 13.7. The van der Waals surface area contributed by atoms with Crippen LogP contribution in [0.1, 0.15) is 41.9 Å². The van der Waals surface area contributed by atoms with Crippen molar-refractivity contribution in [1.29, 1.82) is 0 Å². The number of benzene rings is 3. The second-order valence-corrected chi connectivity index (χ2v) is 12.4. The predicted octanol–water partition coefficient (Wildman–Crippen LogP) is 4.88. The summed E-state index contributed by atoms with van der Waals surface area (Å²) < 4.78 is 5.75. The number of nitrogens with zero attached hydrogens (tertiary/aromatic N) is 1. The van der Waals surface area contributed by atoms with Crippen molar-refractivity contribution in [1.82, 2.24) is 15.5 Å². The molecule has 1 fully saturated rings. The van der Waals surface area contributed by atoms with Gasteiger partial charge in [0.1, 0.15) is 12.6 Å². The highest BCUT2D eigenvalue weighted by atomic mass is 32.2. The molecular formula is C33H37N3O5S. The fraction of sp³-hybridized carbons (Fsp3) is 0.364. The topological polar surface area (TPSA) is 108 Å². The lowest BCUT2D eigenvalue weighted by Crippen LogP contribution is -2.59. The van der Waals surface area contributed by atoms with Crippen LogP contribution in [0.15, 0.2) is 78.9 Å². The van der Waals surface area contributed by atoms with E-state index in [0.29, 0.717) is 19.4 Å². The average Bonchev–Trinajstić information content (AvgIpc) is 3.30. The van der Waals surface area contributed by atoms with Crippen LogP contribution in [0, 0.1) is 0 Å². The van der Waals surface area contributed by atoms with E-state index in [9.17, 15) is 19.5 Å². The number of thioether (sulfide) groups is 1. The van der Waals surface area contributed by atoms with Gasteiger partial charge in [-0.15, -0.1) is 0 Å². The molecule has 2 aliphatic rings. The molecule has 9 heteroatoms. The number of ether oxygens (including phenoxy) is 1. The van der Waals surface area contributed by atoms with Gasteiger partial charge in [-0.25, -0.2) is 4.79 Å². The van der Waals surface area contributed by atoms with Crippen molar-refractivity contribution in [2.24, 2.45) is 0 Å². The maximum Gasteiger partial charge on any atom is 0.407 e. The molecule has 3 aromatic rings. The van der Waals surface area contributed by atoms with Crippen molar-refractivity contribution < 1.29 is 24.2 Å². The molecule has 3 N–H and O–H groups in total. The molecule has 1 atom stereocenters. The van der Waals surface area contributed by atoms with Crippen LogP contribution in [-0.2, 0) is 20.9 Å². The summed E-state index contributed by atoms with van der Waals surface area (Å²) in [5.41, 5.74) is 4.72. The number of hydrogen-bond acceptors (Lipinski definition) is 6. The highest BCUT2D eigenvalue weighted by Gasteiger charge is 2.38. The van der Waals surface area contributed by atoms with E-state index in [-0.39, 0.29) is 25.5 Å². The first-order chi connectivity index (χ1) is 20.3. The van der Waals surface area contributed by atoms with Crippen molar-refractivity contribution in [3.05, 3.63) is 95.6 Å². The molecule has 1 heterocycles. The van der Waals surface area contributed by atoms with E-state index in [2.05, 4.69) is 34.9 Å². The van der Waals surface area contributed by atoms with Gasteiger partial charge in [0.2, 0.25) is 5.91 Å². The number of hydrogen-bond donors (Lipinski definition) is 3.